The predicted octanol–water partition coefficient (Wildman–Crippen LogP) is 6.27. The number of methoxy groups -OCH3 is 1. The molecule has 0 saturated carbocycles. The minimum atomic E-state index is -2.97. The van der Waals surface area contributed by atoms with Crippen LogP contribution in [0.5, 0.6) is 0 Å². The molecule has 3 nitrogen and oxygen atoms in total. The van der Waals surface area contributed by atoms with E-state index in [-0.39, 0.29) is 23.8 Å². The highest BCUT2D eigenvalue weighted by atomic mass is 19.3. The topological polar surface area (TPSA) is 29.5 Å². The van der Waals surface area contributed by atoms with Gasteiger partial charge in [-0.1, -0.05) is 48.0 Å². The van der Waals surface area contributed by atoms with E-state index in [4.69, 9.17) is 4.74 Å². The predicted molar refractivity (Wildman–Crippen MR) is 117 cm³/mol. The van der Waals surface area contributed by atoms with Crippen molar-refractivity contribution in [1.29, 1.82) is 0 Å². The normalized spacial score (nSPS) is 29.3. The molecule has 0 radical (unpaired) electrons. The van der Waals surface area contributed by atoms with E-state index in [1.54, 1.807) is 0 Å². The molecule has 4 bridgehead atoms. The zero-order chi connectivity index (χ0) is 23.3. The number of halogens is 4. The van der Waals surface area contributed by atoms with Gasteiger partial charge in [-0.15, -0.1) is 0 Å². The molecule has 7 heteroatoms. The van der Waals surface area contributed by atoms with Crippen molar-refractivity contribution >= 4 is 12.0 Å². The minimum Gasteiger partial charge on any atom is -0.469 e. The van der Waals surface area contributed by atoms with Crippen LogP contribution in [-0.4, -0.2) is 36.6 Å². The van der Waals surface area contributed by atoms with E-state index in [0.29, 0.717) is 17.2 Å². The second-order valence-corrected chi connectivity index (χ2v) is 9.15. The molecule has 4 heterocycles. The standard InChI is InChI=1S/C26H25F4NO2/c1-33-26(32)23-20-12-18-7-9-22(23)31(18)13-17(20)10-14-2-4-15(5-3-14)16-6-8-19(24(27)28)21(11-16)25(29)30/h2-6,8,10-11,18,20,22-25H,7,9,12-13H2,1H3/b17-10+. The first-order valence-corrected chi connectivity index (χ1v) is 11.2. The van der Waals surface area contributed by atoms with Crippen LogP contribution >= 0.6 is 0 Å². The molecule has 0 N–H and O–H groups in total. The Morgan fingerprint density at radius 2 is 1.70 bits per heavy atom. The quantitative estimate of drug-likeness (QED) is 0.390. The molecule has 4 aliphatic heterocycles. The van der Waals surface area contributed by atoms with E-state index >= 15 is 0 Å². The van der Waals surface area contributed by atoms with Crippen molar-refractivity contribution in [3.8, 4) is 11.1 Å². The van der Waals surface area contributed by atoms with Gasteiger partial charge in [-0.05, 0) is 47.9 Å². The van der Waals surface area contributed by atoms with Crippen LogP contribution in [0, 0.1) is 11.8 Å². The van der Waals surface area contributed by atoms with E-state index in [1.165, 1.54) is 18.7 Å². The lowest BCUT2D eigenvalue weighted by molar-refractivity contribution is -0.153. The van der Waals surface area contributed by atoms with Gasteiger partial charge < -0.3 is 4.74 Å². The zero-order valence-corrected chi connectivity index (χ0v) is 18.2. The zero-order valence-electron chi connectivity index (χ0n) is 18.2. The summed E-state index contributed by atoms with van der Waals surface area (Å²) in [5.41, 5.74) is 2.06. The summed E-state index contributed by atoms with van der Waals surface area (Å²) < 4.78 is 57.8. The maximum Gasteiger partial charge on any atom is 0.310 e. The molecule has 2 aromatic carbocycles. The van der Waals surface area contributed by atoms with Gasteiger partial charge in [0, 0.05) is 29.8 Å². The van der Waals surface area contributed by atoms with Crippen LogP contribution in [-0.2, 0) is 9.53 Å². The Labute approximate surface area is 190 Å². The van der Waals surface area contributed by atoms with Gasteiger partial charge in [0.15, 0.2) is 0 Å². The third-order valence-electron chi connectivity index (χ3n) is 7.53. The highest BCUT2D eigenvalue weighted by molar-refractivity contribution is 5.76. The van der Waals surface area contributed by atoms with Gasteiger partial charge in [0.05, 0.1) is 13.0 Å². The molecule has 4 fully saturated rings. The van der Waals surface area contributed by atoms with Crippen LogP contribution in [0.25, 0.3) is 17.2 Å². The summed E-state index contributed by atoms with van der Waals surface area (Å²) in [4.78, 5) is 15.0. The number of carbonyl (C=O) groups excluding carboxylic acids is 1. The van der Waals surface area contributed by atoms with Gasteiger partial charge in [0.25, 0.3) is 12.9 Å². The van der Waals surface area contributed by atoms with E-state index in [9.17, 15) is 22.4 Å². The number of hydrogen-bond donors (Lipinski definition) is 0. The van der Waals surface area contributed by atoms with E-state index in [2.05, 4.69) is 11.0 Å². The third-order valence-corrected chi connectivity index (χ3v) is 7.53. The first kappa shape index (κ1) is 22.1. The number of esters is 1. The molecule has 2 aromatic rings. The first-order valence-electron chi connectivity index (χ1n) is 11.2. The van der Waals surface area contributed by atoms with Crippen molar-refractivity contribution < 1.29 is 27.1 Å². The number of benzene rings is 2. The molecule has 0 aromatic heterocycles. The van der Waals surface area contributed by atoms with E-state index < -0.39 is 24.0 Å². The van der Waals surface area contributed by atoms with Crippen molar-refractivity contribution in [2.45, 2.75) is 44.2 Å². The molecule has 0 amide bonds. The second kappa shape index (κ2) is 8.60. The molecule has 0 aliphatic carbocycles. The third kappa shape index (κ3) is 3.86. The Kier molecular flexibility index (Phi) is 5.77. The Balaban J connectivity index is 1.41. The fourth-order valence-corrected chi connectivity index (χ4v) is 6.01. The smallest absolute Gasteiger partial charge is 0.310 e. The molecular formula is C26H25F4NO2. The monoisotopic (exact) mass is 459 g/mol. The van der Waals surface area contributed by atoms with Crippen molar-refractivity contribution in [2.24, 2.45) is 11.8 Å². The average molecular weight is 459 g/mol. The molecular weight excluding hydrogens is 434 g/mol. The summed E-state index contributed by atoms with van der Waals surface area (Å²) in [6.45, 7) is 0.849. The van der Waals surface area contributed by atoms with Gasteiger partial charge in [0.1, 0.15) is 0 Å². The Bertz CT molecular complexity index is 1080. The number of alkyl halides is 4. The van der Waals surface area contributed by atoms with Crippen molar-refractivity contribution in [2.75, 3.05) is 13.7 Å². The number of fused-ring (bicyclic) bond motifs is 1. The largest absolute Gasteiger partial charge is 0.469 e. The van der Waals surface area contributed by atoms with Crippen LogP contribution in [0.3, 0.4) is 0 Å². The van der Waals surface area contributed by atoms with Crippen LogP contribution < -0.4 is 0 Å². The molecule has 4 aliphatic rings. The lowest BCUT2D eigenvalue weighted by Gasteiger charge is -2.50. The van der Waals surface area contributed by atoms with Gasteiger partial charge >= 0.3 is 5.97 Å². The molecule has 4 saturated heterocycles. The van der Waals surface area contributed by atoms with E-state index in [0.717, 1.165) is 43.5 Å². The number of ether oxygens (including phenoxy) is 1. The Morgan fingerprint density at radius 1 is 1.00 bits per heavy atom. The summed E-state index contributed by atoms with van der Waals surface area (Å²) in [5.74, 6) is -0.0948. The SMILES string of the molecule is COC(=O)C1C2CC3CCC1N3C/C2=C\c1ccc(-c2ccc(C(F)F)c(C(F)F)c2)cc1. The molecule has 5 atom stereocenters. The van der Waals surface area contributed by atoms with Crippen LogP contribution in [0.4, 0.5) is 17.6 Å². The molecule has 33 heavy (non-hydrogen) atoms. The Morgan fingerprint density at radius 3 is 2.36 bits per heavy atom. The number of carbonyl (C=O) groups is 1. The number of nitrogens with zero attached hydrogens (tertiary/aromatic N) is 1. The Hall–Kier alpha value is -2.67. The molecule has 174 valence electrons. The molecule has 5 unspecified atom stereocenters. The highest BCUT2D eigenvalue weighted by Gasteiger charge is 2.55. The van der Waals surface area contributed by atoms with Gasteiger partial charge in [-0.25, -0.2) is 17.6 Å². The molecule has 0 spiro atoms. The second-order valence-electron chi connectivity index (χ2n) is 9.15. The highest BCUT2D eigenvalue weighted by Crippen LogP contribution is 2.51. The summed E-state index contributed by atoms with van der Waals surface area (Å²) >= 11 is 0. The minimum absolute atomic E-state index is 0.130. The maximum atomic E-state index is 13.3. The molecule has 6 rings (SSSR count). The lowest BCUT2D eigenvalue weighted by Crippen LogP contribution is -2.58. The van der Waals surface area contributed by atoms with Crippen LogP contribution in [0.1, 0.15) is 48.8 Å². The van der Waals surface area contributed by atoms with Crippen LogP contribution in [0.15, 0.2) is 48.0 Å². The van der Waals surface area contributed by atoms with Gasteiger partial charge in [-0.2, -0.15) is 0 Å². The number of hydrogen-bond acceptors (Lipinski definition) is 3. The van der Waals surface area contributed by atoms with Crippen molar-refractivity contribution in [3.63, 3.8) is 0 Å². The number of piperidine rings is 3. The summed E-state index contributed by atoms with van der Waals surface area (Å²) in [6, 6.07) is 11.9. The first-order chi connectivity index (χ1) is 15.9. The average Bonchev–Trinajstić information content (AvgIpc) is 3.12. The number of rotatable bonds is 5. The van der Waals surface area contributed by atoms with Crippen molar-refractivity contribution in [3.05, 3.63) is 64.7 Å². The van der Waals surface area contributed by atoms with E-state index in [1.807, 2.05) is 24.3 Å². The van der Waals surface area contributed by atoms with Gasteiger partial charge in [0.2, 0.25) is 0 Å². The summed E-state index contributed by atoms with van der Waals surface area (Å²) in [7, 11) is 1.45. The van der Waals surface area contributed by atoms with Gasteiger partial charge in [-0.3, -0.25) is 9.69 Å². The van der Waals surface area contributed by atoms with Crippen LogP contribution in [0.2, 0.25) is 0 Å². The summed E-state index contributed by atoms with van der Waals surface area (Å²) in [5, 5.41) is 0. The fourth-order valence-electron chi connectivity index (χ4n) is 6.01. The lowest BCUT2D eigenvalue weighted by atomic mass is 9.71. The fraction of sp³-hybridized carbons (Fsp3) is 0.423. The van der Waals surface area contributed by atoms with Crippen molar-refractivity contribution in [1.82, 2.24) is 4.90 Å². The summed E-state index contributed by atoms with van der Waals surface area (Å²) in [6.07, 6.45) is -0.669. The maximum absolute atomic E-state index is 13.3.